The van der Waals surface area contributed by atoms with Crippen LogP contribution in [0.2, 0.25) is 0 Å². The third kappa shape index (κ3) is 3.26. The smallest absolute Gasteiger partial charge is 0.300 e. The van der Waals surface area contributed by atoms with Gasteiger partial charge >= 0.3 is 0 Å². The molecule has 150 valence electrons. The number of benzene rings is 3. The normalized spacial score (nSPS) is 18.1. The lowest BCUT2D eigenvalue weighted by molar-refractivity contribution is -0.132. The number of halogens is 2. The number of aliphatic hydroxyl groups excluding tert-OH is 1. The highest BCUT2D eigenvalue weighted by Gasteiger charge is 2.47. The minimum atomic E-state index is -0.961. The summed E-state index contributed by atoms with van der Waals surface area (Å²) in [5, 5.41) is 10.9. The number of hydrogen-bond donors (Lipinski definition) is 1. The Morgan fingerprint density at radius 1 is 0.867 bits per heavy atom. The van der Waals surface area contributed by atoms with E-state index >= 15 is 0 Å². The number of carbonyl (C=O) groups excluding carboxylic acids is 2. The molecule has 1 saturated heterocycles. The summed E-state index contributed by atoms with van der Waals surface area (Å²) in [7, 11) is 0. The molecule has 4 nitrogen and oxygen atoms in total. The number of carbonyl (C=O) groups is 2. The van der Waals surface area contributed by atoms with E-state index in [0.717, 1.165) is 17.7 Å². The maximum absolute atomic E-state index is 13.5. The van der Waals surface area contributed by atoms with E-state index in [0.29, 0.717) is 11.3 Å². The van der Waals surface area contributed by atoms with E-state index in [1.54, 1.807) is 31.2 Å². The summed E-state index contributed by atoms with van der Waals surface area (Å²) in [5.74, 6) is -3.05. The Kier molecular flexibility index (Phi) is 4.91. The standard InChI is InChI=1S/C24H17F2NO3/c1-14-4-2-3-5-19(14)27-21(15-6-10-17(25)11-7-15)20(23(29)24(27)30)22(28)16-8-12-18(26)13-9-16/h2-13,21,28H,1H3/b22-20+. The molecule has 1 heterocycles. The molecule has 30 heavy (non-hydrogen) atoms. The van der Waals surface area contributed by atoms with Crippen LogP contribution in [0.25, 0.3) is 5.76 Å². The molecule has 1 unspecified atom stereocenters. The van der Waals surface area contributed by atoms with E-state index in [2.05, 4.69) is 0 Å². The molecule has 4 rings (SSSR count). The number of para-hydroxylation sites is 1. The molecule has 0 radical (unpaired) electrons. The quantitative estimate of drug-likeness (QED) is 0.383. The maximum Gasteiger partial charge on any atom is 0.300 e. The number of rotatable bonds is 3. The van der Waals surface area contributed by atoms with Crippen molar-refractivity contribution in [3.63, 3.8) is 0 Å². The third-order valence-electron chi connectivity index (χ3n) is 5.12. The Hall–Kier alpha value is -3.80. The van der Waals surface area contributed by atoms with Crippen molar-refractivity contribution < 1.29 is 23.5 Å². The van der Waals surface area contributed by atoms with Gasteiger partial charge in [0.15, 0.2) is 0 Å². The summed E-state index contributed by atoms with van der Waals surface area (Å²) in [6, 6.07) is 16.4. The van der Waals surface area contributed by atoms with Crippen molar-refractivity contribution in [1.82, 2.24) is 0 Å². The Labute approximate surface area is 171 Å². The monoisotopic (exact) mass is 405 g/mol. The first-order valence-corrected chi connectivity index (χ1v) is 9.26. The number of nitrogens with zero attached hydrogens (tertiary/aromatic N) is 1. The molecule has 3 aromatic rings. The Morgan fingerprint density at radius 2 is 1.43 bits per heavy atom. The van der Waals surface area contributed by atoms with Crippen molar-refractivity contribution in [2.45, 2.75) is 13.0 Å². The van der Waals surface area contributed by atoms with Crippen LogP contribution in [0.15, 0.2) is 78.4 Å². The highest BCUT2D eigenvalue weighted by atomic mass is 19.1. The zero-order valence-electron chi connectivity index (χ0n) is 16.0. The molecule has 3 aromatic carbocycles. The second-order valence-electron chi connectivity index (χ2n) is 7.01. The van der Waals surface area contributed by atoms with Crippen molar-refractivity contribution in [2.75, 3.05) is 4.90 Å². The molecule has 0 saturated carbocycles. The van der Waals surface area contributed by atoms with E-state index in [1.165, 1.54) is 41.3 Å². The first kappa shape index (κ1) is 19.5. The Balaban J connectivity index is 1.96. The SMILES string of the molecule is Cc1ccccc1N1C(=O)C(=O)/C(=C(/O)c2ccc(F)cc2)C1c1ccc(F)cc1. The summed E-state index contributed by atoms with van der Waals surface area (Å²) in [6.07, 6.45) is 0. The van der Waals surface area contributed by atoms with Gasteiger partial charge in [0.1, 0.15) is 17.4 Å². The Bertz CT molecular complexity index is 1170. The van der Waals surface area contributed by atoms with Gasteiger partial charge in [-0.15, -0.1) is 0 Å². The maximum atomic E-state index is 13.5. The number of Topliss-reactive ketones (excluding diaryl/α,β-unsaturated/α-hetero) is 1. The summed E-state index contributed by atoms with van der Waals surface area (Å²) < 4.78 is 26.8. The second kappa shape index (κ2) is 7.55. The second-order valence-corrected chi connectivity index (χ2v) is 7.01. The van der Waals surface area contributed by atoms with Crippen LogP contribution < -0.4 is 4.90 Å². The fraction of sp³-hybridized carbons (Fsp3) is 0.0833. The highest BCUT2D eigenvalue weighted by Crippen LogP contribution is 2.43. The molecule has 1 aliphatic heterocycles. The molecule has 1 N–H and O–H groups in total. The van der Waals surface area contributed by atoms with Gasteiger partial charge in [-0.2, -0.15) is 0 Å². The summed E-state index contributed by atoms with van der Waals surface area (Å²) >= 11 is 0. The van der Waals surface area contributed by atoms with Gasteiger partial charge in [-0.3, -0.25) is 14.5 Å². The molecule has 1 amide bonds. The number of amides is 1. The Morgan fingerprint density at radius 3 is 2.03 bits per heavy atom. The van der Waals surface area contributed by atoms with Crippen LogP contribution in [0.5, 0.6) is 0 Å². The van der Waals surface area contributed by atoms with Crippen LogP contribution in [0.4, 0.5) is 14.5 Å². The van der Waals surface area contributed by atoms with Crippen molar-refractivity contribution in [3.05, 3.63) is 107 Å². The van der Waals surface area contributed by atoms with Crippen molar-refractivity contribution in [1.29, 1.82) is 0 Å². The summed E-state index contributed by atoms with van der Waals surface area (Å²) in [5.41, 5.74) is 1.79. The lowest BCUT2D eigenvalue weighted by Crippen LogP contribution is -2.30. The zero-order chi connectivity index (χ0) is 21.4. The molecule has 0 bridgehead atoms. The third-order valence-corrected chi connectivity index (χ3v) is 5.12. The summed E-state index contributed by atoms with van der Waals surface area (Å²) in [6.45, 7) is 1.80. The molecule has 6 heteroatoms. The van der Waals surface area contributed by atoms with Crippen LogP contribution in [-0.4, -0.2) is 16.8 Å². The van der Waals surface area contributed by atoms with Gasteiger partial charge in [-0.1, -0.05) is 30.3 Å². The molecular weight excluding hydrogens is 388 g/mol. The van der Waals surface area contributed by atoms with Gasteiger partial charge in [0.05, 0.1) is 11.6 Å². The van der Waals surface area contributed by atoms with E-state index in [4.69, 9.17) is 0 Å². The first-order valence-electron chi connectivity index (χ1n) is 9.26. The molecular formula is C24H17F2NO3. The number of aryl methyl sites for hydroxylation is 1. The van der Waals surface area contributed by atoms with E-state index in [1.807, 2.05) is 0 Å². The topological polar surface area (TPSA) is 57.6 Å². The number of ketones is 1. The lowest BCUT2D eigenvalue weighted by atomic mass is 9.95. The fourth-order valence-electron chi connectivity index (χ4n) is 3.64. The van der Waals surface area contributed by atoms with Crippen LogP contribution in [0, 0.1) is 18.6 Å². The average molecular weight is 405 g/mol. The molecule has 1 fully saturated rings. The molecule has 0 spiro atoms. The van der Waals surface area contributed by atoms with E-state index in [-0.39, 0.29) is 11.1 Å². The molecule has 1 aliphatic rings. The zero-order valence-corrected chi connectivity index (χ0v) is 16.0. The van der Waals surface area contributed by atoms with Gasteiger partial charge in [-0.05, 0) is 60.5 Å². The van der Waals surface area contributed by atoms with Crippen molar-refractivity contribution in [2.24, 2.45) is 0 Å². The molecule has 0 aliphatic carbocycles. The van der Waals surface area contributed by atoms with Crippen molar-refractivity contribution in [3.8, 4) is 0 Å². The van der Waals surface area contributed by atoms with Crippen LogP contribution in [-0.2, 0) is 9.59 Å². The fourth-order valence-corrected chi connectivity index (χ4v) is 3.64. The number of hydrogen-bond acceptors (Lipinski definition) is 3. The predicted octanol–water partition coefficient (Wildman–Crippen LogP) is 4.90. The van der Waals surface area contributed by atoms with Crippen LogP contribution >= 0.6 is 0 Å². The largest absolute Gasteiger partial charge is 0.507 e. The van der Waals surface area contributed by atoms with E-state index in [9.17, 15) is 23.5 Å². The van der Waals surface area contributed by atoms with Gasteiger partial charge in [0.2, 0.25) is 0 Å². The van der Waals surface area contributed by atoms with Crippen LogP contribution in [0.3, 0.4) is 0 Å². The lowest BCUT2D eigenvalue weighted by Gasteiger charge is -2.26. The summed E-state index contributed by atoms with van der Waals surface area (Å²) in [4.78, 5) is 27.3. The minimum absolute atomic E-state index is 0.138. The number of anilines is 1. The molecule has 0 aromatic heterocycles. The minimum Gasteiger partial charge on any atom is -0.507 e. The first-order chi connectivity index (χ1) is 14.4. The van der Waals surface area contributed by atoms with Gasteiger partial charge in [-0.25, -0.2) is 8.78 Å². The van der Waals surface area contributed by atoms with Crippen LogP contribution in [0.1, 0.15) is 22.7 Å². The van der Waals surface area contributed by atoms with Gasteiger partial charge in [0.25, 0.3) is 11.7 Å². The van der Waals surface area contributed by atoms with Crippen molar-refractivity contribution >= 4 is 23.1 Å². The van der Waals surface area contributed by atoms with Gasteiger partial charge < -0.3 is 5.11 Å². The molecule has 1 atom stereocenters. The number of aliphatic hydroxyl groups is 1. The van der Waals surface area contributed by atoms with E-state index < -0.39 is 35.1 Å². The average Bonchev–Trinajstić information content (AvgIpc) is 3.00. The van der Waals surface area contributed by atoms with Gasteiger partial charge in [0, 0.05) is 11.3 Å². The highest BCUT2D eigenvalue weighted by molar-refractivity contribution is 6.51. The predicted molar refractivity (Wildman–Crippen MR) is 109 cm³/mol.